The zero-order valence-corrected chi connectivity index (χ0v) is 20.7. The molecule has 2 fully saturated rings. The molecule has 0 aliphatic heterocycles. The number of amides is 1. The standard InChI is InChI=1S/C29H45NO3/c1-29-19-21(10-8-6-4-2-3-5-7-9-11-27(30)33)28-23-15-13-22(31)18-20(23)12-14-24(28)25(29)16-17-26(29)32/h18,21,24-26,32H,2-17,19H2,1H3,(H2,30,33)/t21-,24-,25-,26-,29-/m0/s1. The van der Waals surface area contributed by atoms with Gasteiger partial charge < -0.3 is 10.8 Å². The highest BCUT2D eigenvalue weighted by atomic mass is 16.3. The Morgan fingerprint density at radius 1 is 1.00 bits per heavy atom. The Kier molecular flexibility index (Phi) is 8.15. The number of aliphatic hydroxyl groups is 1. The Morgan fingerprint density at radius 2 is 1.70 bits per heavy atom. The van der Waals surface area contributed by atoms with Crippen LogP contribution in [-0.4, -0.2) is 22.9 Å². The summed E-state index contributed by atoms with van der Waals surface area (Å²) in [5.41, 5.74) is 9.90. The Hall–Kier alpha value is -1.42. The van der Waals surface area contributed by atoms with E-state index in [1.54, 1.807) is 11.1 Å². The highest BCUT2D eigenvalue weighted by Crippen LogP contribution is 2.62. The minimum atomic E-state index is -0.179. The Morgan fingerprint density at radius 3 is 2.42 bits per heavy atom. The zero-order chi connectivity index (χ0) is 23.4. The summed E-state index contributed by atoms with van der Waals surface area (Å²) in [6, 6.07) is 0. The number of fused-ring (bicyclic) bond motifs is 4. The Balaban J connectivity index is 1.33. The Labute approximate surface area is 200 Å². The zero-order valence-electron chi connectivity index (χ0n) is 20.7. The second-order valence-electron chi connectivity index (χ2n) is 11.7. The topological polar surface area (TPSA) is 80.4 Å². The quantitative estimate of drug-likeness (QED) is 0.366. The molecule has 2 saturated carbocycles. The summed E-state index contributed by atoms with van der Waals surface area (Å²) in [5.74, 6) is 1.98. The van der Waals surface area contributed by atoms with Gasteiger partial charge in [-0.25, -0.2) is 0 Å². The van der Waals surface area contributed by atoms with E-state index < -0.39 is 0 Å². The van der Waals surface area contributed by atoms with E-state index >= 15 is 0 Å². The van der Waals surface area contributed by atoms with Crippen molar-refractivity contribution in [2.75, 3.05) is 0 Å². The Bertz CT molecular complexity index is 797. The molecular weight excluding hydrogens is 410 g/mol. The summed E-state index contributed by atoms with van der Waals surface area (Å²) in [7, 11) is 0. The van der Waals surface area contributed by atoms with Crippen molar-refractivity contribution in [1.82, 2.24) is 0 Å². The van der Waals surface area contributed by atoms with Gasteiger partial charge in [0.25, 0.3) is 0 Å². The second kappa shape index (κ2) is 10.9. The van der Waals surface area contributed by atoms with Crippen molar-refractivity contribution >= 4 is 11.7 Å². The molecule has 184 valence electrons. The monoisotopic (exact) mass is 455 g/mol. The number of carbonyl (C=O) groups is 2. The van der Waals surface area contributed by atoms with Gasteiger partial charge in [0, 0.05) is 12.8 Å². The van der Waals surface area contributed by atoms with E-state index in [4.69, 9.17) is 5.73 Å². The number of carbonyl (C=O) groups excluding carboxylic acids is 2. The van der Waals surface area contributed by atoms with Crippen molar-refractivity contribution in [3.05, 3.63) is 22.8 Å². The molecule has 4 heteroatoms. The lowest BCUT2D eigenvalue weighted by atomic mass is 9.53. The molecule has 1 amide bonds. The second-order valence-corrected chi connectivity index (χ2v) is 11.7. The van der Waals surface area contributed by atoms with E-state index in [1.807, 2.05) is 6.08 Å². The first kappa shape index (κ1) is 24.7. The average molecular weight is 456 g/mol. The summed E-state index contributed by atoms with van der Waals surface area (Å²) in [4.78, 5) is 22.9. The fraction of sp³-hybridized carbons (Fsp3) is 0.793. The first-order valence-electron chi connectivity index (χ1n) is 13.8. The molecule has 3 N–H and O–H groups in total. The predicted molar refractivity (Wildman–Crippen MR) is 132 cm³/mol. The molecule has 0 heterocycles. The lowest BCUT2D eigenvalue weighted by Gasteiger charge is -2.52. The summed E-state index contributed by atoms with van der Waals surface area (Å²) >= 11 is 0. The van der Waals surface area contributed by atoms with Crippen molar-refractivity contribution in [3.8, 4) is 0 Å². The first-order valence-corrected chi connectivity index (χ1v) is 13.8. The molecule has 0 bridgehead atoms. The van der Waals surface area contributed by atoms with Crippen LogP contribution in [0, 0.1) is 23.2 Å². The molecule has 0 aromatic heterocycles. The smallest absolute Gasteiger partial charge is 0.217 e. The number of hydrogen-bond acceptors (Lipinski definition) is 3. The maximum Gasteiger partial charge on any atom is 0.217 e. The van der Waals surface area contributed by atoms with Crippen LogP contribution in [0.1, 0.15) is 116 Å². The molecule has 0 spiro atoms. The van der Waals surface area contributed by atoms with Crippen molar-refractivity contribution in [2.24, 2.45) is 28.9 Å². The molecule has 0 unspecified atom stereocenters. The van der Waals surface area contributed by atoms with Gasteiger partial charge in [-0.05, 0) is 91.8 Å². The summed E-state index contributed by atoms with van der Waals surface area (Å²) in [6.07, 6.45) is 20.4. The average Bonchev–Trinajstić information content (AvgIpc) is 3.08. The SMILES string of the molecule is C[C@]12C[C@H](CCCCCCCCCCC(N)=O)C3=C4CCC(=O)C=C4CC[C@H]3[C@@H]1CC[C@@H]2O. The minimum absolute atomic E-state index is 0.0794. The number of primary amides is 1. The van der Waals surface area contributed by atoms with Gasteiger partial charge in [-0.15, -0.1) is 0 Å². The number of rotatable bonds is 11. The van der Waals surface area contributed by atoms with E-state index in [-0.39, 0.29) is 17.4 Å². The number of ketones is 1. The van der Waals surface area contributed by atoms with E-state index in [2.05, 4.69) is 6.92 Å². The maximum atomic E-state index is 12.1. The minimum Gasteiger partial charge on any atom is -0.393 e. The molecule has 0 aromatic rings. The molecule has 4 aliphatic carbocycles. The number of unbranched alkanes of at least 4 members (excludes halogenated alkanes) is 7. The molecular formula is C29H45NO3. The van der Waals surface area contributed by atoms with Crippen LogP contribution in [-0.2, 0) is 9.59 Å². The van der Waals surface area contributed by atoms with Gasteiger partial charge in [-0.3, -0.25) is 9.59 Å². The van der Waals surface area contributed by atoms with Crippen LogP contribution in [0.25, 0.3) is 0 Å². The van der Waals surface area contributed by atoms with E-state index in [1.165, 1.54) is 63.4 Å². The highest BCUT2D eigenvalue weighted by molar-refractivity contribution is 5.93. The third-order valence-corrected chi connectivity index (χ3v) is 9.51. The molecule has 4 nitrogen and oxygen atoms in total. The normalized spacial score (nSPS) is 33.4. The summed E-state index contributed by atoms with van der Waals surface area (Å²) in [5, 5.41) is 10.9. The van der Waals surface area contributed by atoms with Gasteiger partial charge >= 0.3 is 0 Å². The van der Waals surface area contributed by atoms with Crippen LogP contribution in [0.3, 0.4) is 0 Å². The first-order chi connectivity index (χ1) is 15.9. The van der Waals surface area contributed by atoms with Gasteiger partial charge in [-0.1, -0.05) is 57.4 Å². The fourth-order valence-electron chi connectivity index (χ4n) is 7.81. The lowest BCUT2D eigenvalue weighted by Crippen LogP contribution is -2.45. The van der Waals surface area contributed by atoms with Crippen molar-refractivity contribution in [3.63, 3.8) is 0 Å². The van der Waals surface area contributed by atoms with Crippen LogP contribution in [0.5, 0.6) is 0 Å². The lowest BCUT2D eigenvalue weighted by molar-refractivity contribution is -0.118. The summed E-state index contributed by atoms with van der Waals surface area (Å²) < 4.78 is 0. The molecule has 0 saturated heterocycles. The number of hydrogen-bond donors (Lipinski definition) is 2. The van der Waals surface area contributed by atoms with Gasteiger partial charge in [0.2, 0.25) is 5.91 Å². The number of allylic oxidation sites excluding steroid dienone is 4. The van der Waals surface area contributed by atoms with Crippen molar-refractivity contribution in [2.45, 2.75) is 122 Å². The largest absolute Gasteiger partial charge is 0.393 e. The van der Waals surface area contributed by atoms with Gasteiger partial charge in [0.15, 0.2) is 5.78 Å². The van der Waals surface area contributed by atoms with Crippen molar-refractivity contribution < 1.29 is 14.7 Å². The van der Waals surface area contributed by atoms with Gasteiger partial charge in [0.05, 0.1) is 6.10 Å². The van der Waals surface area contributed by atoms with E-state index in [0.717, 1.165) is 38.5 Å². The maximum absolute atomic E-state index is 12.1. The molecule has 0 radical (unpaired) electrons. The van der Waals surface area contributed by atoms with Crippen molar-refractivity contribution in [1.29, 1.82) is 0 Å². The molecule has 4 rings (SSSR count). The van der Waals surface area contributed by atoms with Gasteiger partial charge in [-0.2, -0.15) is 0 Å². The van der Waals surface area contributed by atoms with E-state index in [9.17, 15) is 14.7 Å². The highest BCUT2D eigenvalue weighted by Gasteiger charge is 2.55. The van der Waals surface area contributed by atoms with Gasteiger partial charge in [0.1, 0.15) is 0 Å². The van der Waals surface area contributed by atoms with Crippen LogP contribution in [0.2, 0.25) is 0 Å². The third kappa shape index (κ3) is 5.47. The fourth-order valence-corrected chi connectivity index (χ4v) is 7.81. The van der Waals surface area contributed by atoms with Crippen LogP contribution >= 0.6 is 0 Å². The molecule has 5 atom stereocenters. The summed E-state index contributed by atoms with van der Waals surface area (Å²) in [6.45, 7) is 2.37. The third-order valence-electron chi connectivity index (χ3n) is 9.51. The number of aliphatic hydroxyl groups excluding tert-OH is 1. The molecule has 4 aliphatic rings. The van der Waals surface area contributed by atoms with E-state index in [0.29, 0.717) is 36.4 Å². The van der Waals surface area contributed by atoms with Crippen LogP contribution < -0.4 is 5.73 Å². The molecule has 33 heavy (non-hydrogen) atoms. The van der Waals surface area contributed by atoms with Crippen LogP contribution in [0.15, 0.2) is 22.8 Å². The predicted octanol–water partition coefficient (Wildman–Crippen LogP) is 6.17. The molecule has 0 aromatic carbocycles. The van der Waals surface area contributed by atoms with Crippen LogP contribution in [0.4, 0.5) is 0 Å². The number of nitrogens with two attached hydrogens (primary N) is 1.